The molecule has 2 aromatic heterocycles. The molecule has 3 aromatic rings. The van der Waals surface area contributed by atoms with Crippen LogP contribution in [0.5, 0.6) is 5.75 Å². The summed E-state index contributed by atoms with van der Waals surface area (Å²) >= 11 is 0. The van der Waals surface area contributed by atoms with Gasteiger partial charge in [-0.1, -0.05) is 24.0 Å². The lowest BCUT2D eigenvalue weighted by atomic mass is 10.1. The quantitative estimate of drug-likeness (QED) is 0.582. The second-order valence-electron chi connectivity index (χ2n) is 6.36. The summed E-state index contributed by atoms with van der Waals surface area (Å²) in [4.78, 5) is 10.0. The van der Waals surface area contributed by atoms with Crippen molar-refractivity contribution in [1.29, 1.82) is 0 Å². The van der Waals surface area contributed by atoms with Gasteiger partial charge in [-0.2, -0.15) is 0 Å². The first kappa shape index (κ1) is 16.4. The van der Waals surface area contributed by atoms with Crippen molar-refractivity contribution in [2.24, 2.45) is 0 Å². The molecule has 1 N–H and O–H groups in total. The van der Waals surface area contributed by atoms with E-state index >= 15 is 0 Å². The standard InChI is InChI=1S/C22H21N3O/c1-26-20-11-8-17(9-12-20)7-10-19-5-2-3-14-25(19)16-18-15-24-22-21(18)6-4-13-23-22/h2-4,6,8-9,11-13,15,19H,5,14,16H2,1H3,(H,23,24). The molecule has 1 unspecified atom stereocenters. The Morgan fingerprint density at radius 1 is 1.23 bits per heavy atom. The first-order valence-corrected chi connectivity index (χ1v) is 8.79. The monoisotopic (exact) mass is 343 g/mol. The number of H-pyrrole nitrogens is 1. The van der Waals surface area contributed by atoms with Gasteiger partial charge in [0.1, 0.15) is 11.4 Å². The van der Waals surface area contributed by atoms with Crippen LogP contribution in [0.3, 0.4) is 0 Å². The summed E-state index contributed by atoms with van der Waals surface area (Å²) in [5.41, 5.74) is 3.21. The molecule has 0 fully saturated rings. The number of pyridine rings is 1. The van der Waals surface area contributed by atoms with E-state index in [0.29, 0.717) is 0 Å². The molecule has 4 rings (SSSR count). The molecule has 0 saturated heterocycles. The molecule has 1 aliphatic heterocycles. The number of aromatic nitrogens is 2. The third kappa shape index (κ3) is 3.49. The minimum absolute atomic E-state index is 0.212. The number of ether oxygens (including phenoxy) is 1. The highest BCUT2D eigenvalue weighted by molar-refractivity contribution is 5.79. The predicted molar refractivity (Wildman–Crippen MR) is 104 cm³/mol. The minimum atomic E-state index is 0.212. The molecular formula is C22H21N3O. The van der Waals surface area contributed by atoms with Crippen LogP contribution in [0.1, 0.15) is 17.5 Å². The Balaban J connectivity index is 1.53. The van der Waals surface area contributed by atoms with E-state index in [2.05, 4.69) is 51.1 Å². The van der Waals surface area contributed by atoms with E-state index < -0.39 is 0 Å². The molecule has 1 aromatic carbocycles. The Labute approximate surface area is 153 Å². The van der Waals surface area contributed by atoms with Gasteiger partial charge in [-0.15, -0.1) is 0 Å². The van der Waals surface area contributed by atoms with Crippen molar-refractivity contribution in [3.8, 4) is 17.6 Å². The number of methoxy groups -OCH3 is 1. The van der Waals surface area contributed by atoms with Gasteiger partial charge in [0.15, 0.2) is 0 Å². The third-order valence-electron chi connectivity index (χ3n) is 4.69. The molecule has 0 radical (unpaired) electrons. The lowest BCUT2D eigenvalue weighted by Gasteiger charge is -2.29. The van der Waals surface area contributed by atoms with Crippen LogP contribution in [0.15, 0.2) is 60.9 Å². The fraction of sp³-hybridized carbons (Fsp3) is 0.227. The van der Waals surface area contributed by atoms with Crippen LogP contribution >= 0.6 is 0 Å². The van der Waals surface area contributed by atoms with E-state index in [-0.39, 0.29) is 6.04 Å². The molecule has 3 heterocycles. The molecule has 0 amide bonds. The van der Waals surface area contributed by atoms with Gasteiger partial charge < -0.3 is 9.72 Å². The molecule has 4 heteroatoms. The second kappa shape index (κ2) is 7.47. The topological polar surface area (TPSA) is 41.1 Å². The van der Waals surface area contributed by atoms with E-state index in [1.165, 1.54) is 10.9 Å². The predicted octanol–water partition coefficient (Wildman–Crippen LogP) is 3.75. The van der Waals surface area contributed by atoms with Gasteiger partial charge in [-0.3, -0.25) is 4.90 Å². The summed E-state index contributed by atoms with van der Waals surface area (Å²) in [6.45, 7) is 1.77. The molecule has 0 saturated carbocycles. The number of hydrogen-bond donors (Lipinski definition) is 1. The average molecular weight is 343 g/mol. The highest BCUT2D eigenvalue weighted by atomic mass is 16.5. The maximum Gasteiger partial charge on any atom is 0.137 e. The molecular weight excluding hydrogens is 322 g/mol. The van der Waals surface area contributed by atoms with E-state index in [1.807, 2.05) is 36.5 Å². The zero-order chi connectivity index (χ0) is 17.8. The van der Waals surface area contributed by atoms with Crippen molar-refractivity contribution in [3.63, 3.8) is 0 Å². The summed E-state index contributed by atoms with van der Waals surface area (Å²) in [7, 11) is 1.67. The normalized spacial score (nSPS) is 17.0. The molecule has 1 aliphatic rings. The second-order valence-corrected chi connectivity index (χ2v) is 6.36. The van der Waals surface area contributed by atoms with Crippen molar-refractivity contribution in [2.45, 2.75) is 19.0 Å². The lowest BCUT2D eigenvalue weighted by molar-refractivity contribution is 0.244. The van der Waals surface area contributed by atoms with Gasteiger partial charge in [-0.05, 0) is 48.4 Å². The van der Waals surface area contributed by atoms with Gasteiger partial charge >= 0.3 is 0 Å². The van der Waals surface area contributed by atoms with Gasteiger partial charge in [0.2, 0.25) is 0 Å². The van der Waals surface area contributed by atoms with E-state index in [4.69, 9.17) is 4.74 Å². The smallest absolute Gasteiger partial charge is 0.137 e. The van der Waals surface area contributed by atoms with Gasteiger partial charge in [0.05, 0.1) is 13.2 Å². The minimum Gasteiger partial charge on any atom is -0.497 e. The van der Waals surface area contributed by atoms with Crippen molar-refractivity contribution in [2.75, 3.05) is 13.7 Å². The largest absolute Gasteiger partial charge is 0.497 e. The number of fused-ring (bicyclic) bond motifs is 1. The highest BCUT2D eigenvalue weighted by Gasteiger charge is 2.19. The highest BCUT2D eigenvalue weighted by Crippen LogP contribution is 2.21. The van der Waals surface area contributed by atoms with Crippen LogP contribution in [0, 0.1) is 11.8 Å². The maximum absolute atomic E-state index is 5.20. The van der Waals surface area contributed by atoms with Gasteiger partial charge in [0, 0.05) is 36.4 Å². The maximum atomic E-state index is 5.20. The number of nitrogens with one attached hydrogen (secondary N) is 1. The Morgan fingerprint density at radius 2 is 2.12 bits per heavy atom. The summed E-state index contributed by atoms with van der Waals surface area (Å²) in [6, 6.07) is 12.2. The van der Waals surface area contributed by atoms with E-state index in [9.17, 15) is 0 Å². The zero-order valence-electron chi connectivity index (χ0n) is 14.8. The molecule has 130 valence electrons. The molecule has 0 aliphatic carbocycles. The number of benzene rings is 1. The van der Waals surface area contributed by atoms with Crippen molar-refractivity contribution in [3.05, 3.63) is 72.1 Å². The Morgan fingerprint density at radius 3 is 2.96 bits per heavy atom. The first-order chi connectivity index (χ1) is 12.8. The average Bonchev–Trinajstić information content (AvgIpc) is 3.11. The number of nitrogens with zero attached hydrogens (tertiary/aromatic N) is 2. The Kier molecular flexibility index (Phi) is 4.72. The van der Waals surface area contributed by atoms with Crippen molar-refractivity contribution >= 4 is 11.0 Å². The molecule has 0 bridgehead atoms. The zero-order valence-corrected chi connectivity index (χ0v) is 14.8. The summed E-state index contributed by atoms with van der Waals surface area (Å²) in [6.07, 6.45) is 9.27. The van der Waals surface area contributed by atoms with E-state index in [1.54, 1.807) is 7.11 Å². The van der Waals surface area contributed by atoms with Crippen LogP contribution in [0.2, 0.25) is 0 Å². The lowest BCUT2D eigenvalue weighted by Crippen LogP contribution is -2.35. The fourth-order valence-electron chi connectivity index (χ4n) is 3.24. The van der Waals surface area contributed by atoms with Gasteiger partial charge in [-0.25, -0.2) is 4.98 Å². The molecule has 0 spiro atoms. The molecule has 1 atom stereocenters. The number of hydrogen-bond acceptors (Lipinski definition) is 3. The fourth-order valence-corrected chi connectivity index (χ4v) is 3.24. The number of rotatable bonds is 3. The molecule has 26 heavy (non-hydrogen) atoms. The third-order valence-corrected chi connectivity index (χ3v) is 4.69. The van der Waals surface area contributed by atoms with Crippen LogP contribution in [0.25, 0.3) is 11.0 Å². The first-order valence-electron chi connectivity index (χ1n) is 8.79. The Hall–Kier alpha value is -3.03. The van der Waals surface area contributed by atoms with Crippen LogP contribution in [0.4, 0.5) is 0 Å². The van der Waals surface area contributed by atoms with Crippen LogP contribution < -0.4 is 4.74 Å². The van der Waals surface area contributed by atoms with Crippen LogP contribution in [-0.4, -0.2) is 34.6 Å². The summed E-state index contributed by atoms with van der Waals surface area (Å²) in [5.74, 6) is 7.61. The van der Waals surface area contributed by atoms with Crippen molar-refractivity contribution < 1.29 is 4.74 Å². The SMILES string of the molecule is COc1ccc(C#CC2CC=CCN2Cc2c[nH]c3ncccc23)cc1. The number of aromatic amines is 1. The van der Waals surface area contributed by atoms with Crippen molar-refractivity contribution in [1.82, 2.24) is 14.9 Å². The van der Waals surface area contributed by atoms with E-state index in [0.717, 1.165) is 36.5 Å². The summed E-state index contributed by atoms with van der Waals surface area (Å²) < 4.78 is 5.20. The Bertz CT molecular complexity index is 976. The van der Waals surface area contributed by atoms with Gasteiger partial charge in [0.25, 0.3) is 0 Å². The van der Waals surface area contributed by atoms with Crippen LogP contribution in [-0.2, 0) is 6.54 Å². The summed E-state index contributed by atoms with van der Waals surface area (Å²) in [5, 5.41) is 1.18. The molecule has 4 nitrogen and oxygen atoms in total.